The first-order valence-electron chi connectivity index (χ1n) is 9.90. The van der Waals surface area contributed by atoms with Crippen molar-refractivity contribution in [2.45, 2.75) is 110 Å². The fourth-order valence-electron chi connectivity index (χ4n) is 2.63. The second kappa shape index (κ2) is 17.7. The van der Waals surface area contributed by atoms with Crippen LogP contribution in [0, 0.1) is 0 Å². The summed E-state index contributed by atoms with van der Waals surface area (Å²) in [6, 6.07) is 0. The van der Waals surface area contributed by atoms with Crippen LogP contribution in [0.2, 0.25) is 0 Å². The van der Waals surface area contributed by atoms with Gasteiger partial charge in [0.15, 0.2) is 0 Å². The fourth-order valence-corrected chi connectivity index (χ4v) is 2.63. The molecular weight excluding hydrogens is 284 g/mol. The van der Waals surface area contributed by atoms with Gasteiger partial charge >= 0.3 is 0 Å². The highest BCUT2D eigenvalue weighted by atomic mass is 16.3. The third kappa shape index (κ3) is 16.1. The molecule has 0 saturated heterocycles. The van der Waals surface area contributed by atoms with E-state index >= 15 is 0 Å². The maximum absolute atomic E-state index is 9.94. The summed E-state index contributed by atoms with van der Waals surface area (Å²) in [5, 5.41) is 19.8. The molecule has 0 aromatic heterocycles. The van der Waals surface area contributed by atoms with Crippen LogP contribution < -0.4 is 0 Å². The lowest BCUT2D eigenvalue weighted by atomic mass is 10.0. The van der Waals surface area contributed by atoms with Crippen molar-refractivity contribution in [1.29, 1.82) is 0 Å². The zero-order valence-corrected chi connectivity index (χ0v) is 15.6. The highest BCUT2D eigenvalue weighted by Gasteiger charge is 2.11. The van der Waals surface area contributed by atoms with E-state index < -0.39 is 12.2 Å². The van der Waals surface area contributed by atoms with Crippen LogP contribution in [0.15, 0.2) is 24.3 Å². The normalized spacial score (nSPS) is 14.8. The molecule has 0 rings (SSSR count). The Hall–Kier alpha value is -0.600. The average Bonchev–Trinajstić information content (AvgIpc) is 2.56. The van der Waals surface area contributed by atoms with Gasteiger partial charge in [-0.2, -0.15) is 0 Å². The fraction of sp³-hybridized carbons (Fsp3) is 0.810. The summed E-state index contributed by atoms with van der Waals surface area (Å²) in [7, 11) is 0. The van der Waals surface area contributed by atoms with Gasteiger partial charge in [0.25, 0.3) is 0 Å². The standard InChI is InChI=1S/C21H40O2/c1-3-5-7-9-11-13-15-17-19-21(23)20(22)18-16-14-12-10-8-6-4-2/h11,13,17,19-23H,3-10,12,14-16,18H2,1-2H3/b13-11-,19-17-/t20-,21-/m0/s1. The highest BCUT2D eigenvalue weighted by Crippen LogP contribution is 2.12. The second-order valence-electron chi connectivity index (χ2n) is 6.60. The van der Waals surface area contributed by atoms with E-state index in [4.69, 9.17) is 0 Å². The lowest BCUT2D eigenvalue weighted by Crippen LogP contribution is -2.23. The Bertz CT molecular complexity index is 284. The van der Waals surface area contributed by atoms with Crippen molar-refractivity contribution in [2.75, 3.05) is 0 Å². The van der Waals surface area contributed by atoms with Gasteiger partial charge in [0, 0.05) is 0 Å². The topological polar surface area (TPSA) is 40.5 Å². The minimum atomic E-state index is -0.719. The van der Waals surface area contributed by atoms with Crippen LogP contribution >= 0.6 is 0 Å². The Labute approximate surface area is 144 Å². The number of allylic oxidation sites excluding steroid dienone is 3. The minimum Gasteiger partial charge on any atom is -0.390 e. The molecule has 0 aromatic carbocycles. The number of unbranched alkanes of at least 4 members (excludes halogenated alkanes) is 9. The average molecular weight is 325 g/mol. The van der Waals surface area contributed by atoms with Crippen molar-refractivity contribution in [2.24, 2.45) is 0 Å². The summed E-state index contributed by atoms with van der Waals surface area (Å²) in [6.07, 6.45) is 21.9. The molecule has 0 radical (unpaired) electrons. The van der Waals surface area contributed by atoms with Gasteiger partial charge in [-0.1, -0.05) is 95.9 Å². The van der Waals surface area contributed by atoms with E-state index in [1.165, 1.54) is 51.4 Å². The van der Waals surface area contributed by atoms with Gasteiger partial charge in [0.2, 0.25) is 0 Å². The summed E-state index contributed by atoms with van der Waals surface area (Å²) >= 11 is 0. The van der Waals surface area contributed by atoms with Gasteiger partial charge in [-0.3, -0.25) is 0 Å². The monoisotopic (exact) mass is 324 g/mol. The van der Waals surface area contributed by atoms with E-state index in [1.807, 2.05) is 6.08 Å². The molecule has 2 atom stereocenters. The van der Waals surface area contributed by atoms with Crippen molar-refractivity contribution in [3.8, 4) is 0 Å². The summed E-state index contributed by atoms with van der Waals surface area (Å²) in [5.74, 6) is 0. The molecule has 0 saturated carbocycles. The van der Waals surface area contributed by atoms with E-state index in [9.17, 15) is 10.2 Å². The quantitative estimate of drug-likeness (QED) is 0.273. The van der Waals surface area contributed by atoms with Gasteiger partial charge in [0.05, 0.1) is 12.2 Å². The molecule has 0 spiro atoms. The van der Waals surface area contributed by atoms with E-state index in [0.717, 1.165) is 25.7 Å². The molecule has 0 aliphatic carbocycles. The number of rotatable bonds is 16. The lowest BCUT2D eigenvalue weighted by Gasteiger charge is -2.14. The Morgan fingerprint density at radius 1 is 0.696 bits per heavy atom. The zero-order valence-electron chi connectivity index (χ0n) is 15.6. The van der Waals surface area contributed by atoms with Crippen molar-refractivity contribution >= 4 is 0 Å². The number of hydrogen-bond donors (Lipinski definition) is 2. The summed E-state index contributed by atoms with van der Waals surface area (Å²) < 4.78 is 0. The van der Waals surface area contributed by atoms with Crippen LogP contribution in [0.4, 0.5) is 0 Å². The molecule has 0 aromatic rings. The van der Waals surface area contributed by atoms with Crippen LogP contribution in [-0.2, 0) is 0 Å². The van der Waals surface area contributed by atoms with Gasteiger partial charge < -0.3 is 10.2 Å². The van der Waals surface area contributed by atoms with E-state index in [2.05, 4.69) is 26.0 Å². The molecule has 2 N–H and O–H groups in total. The van der Waals surface area contributed by atoms with Crippen molar-refractivity contribution < 1.29 is 10.2 Å². The van der Waals surface area contributed by atoms with Crippen molar-refractivity contribution in [1.82, 2.24) is 0 Å². The Morgan fingerprint density at radius 2 is 1.30 bits per heavy atom. The Balaban J connectivity index is 3.56. The molecule has 0 fully saturated rings. The Kier molecular flexibility index (Phi) is 17.3. The molecule has 0 unspecified atom stereocenters. The van der Waals surface area contributed by atoms with E-state index in [-0.39, 0.29) is 0 Å². The first-order valence-corrected chi connectivity index (χ1v) is 9.90. The molecule has 0 bridgehead atoms. The molecule has 23 heavy (non-hydrogen) atoms. The number of aliphatic hydroxyl groups is 2. The molecule has 0 aliphatic rings. The first-order chi connectivity index (χ1) is 11.2. The molecule has 0 heterocycles. The van der Waals surface area contributed by atoms with Gasteiger partial charge in [-0.05, 0) is 25.7 Å². The van der Waals surface area contributed by atoms with Crippen LogP contribution in [-0.4, -0.2) is 22.4 Å². The number of hydrogen-bond acceptors (Lipinski definition) is 2. The maximum Gasteiger partial charge on any atom is 0.0980 e. The second-order valence-corrected chi connectivity index (χ2v) is 6.60. The SMILES string of the molecule is CCCCC/C=C\C/C=C\[C@H](O)[C@@H](O)CCCCCCCCC. The third-order valence-electron chi connectivity index (χ3n) is 4.24. The van der Waals surface area contributed by atoms with Crippen LogP contribution in [0.5, 0.6) is 0 Å². The maximum atomic E-state index is 9.94. The summed E-state index contributed by atoms with van der Waals surface area (Å²) in [4.78, 5) is 0. The molecule has 0 amide bonds. The first kappa shape index (κ1) is 22.4. The molecule has 2 heteroatoms. The van der Waals surface area contributed by atoms with Gasteiger partial charge in [0.1, 0.15) is 0 Å². The van der Waals surface area contributed by atoms with E-state index in [0.29, 0.717) is 6.42 Å². The minimum absolute atomic E-state index is 0.615. The molecule has 2 nitrogen and oxygen atoms in total. The smallest absolute Gasteiger partial charge is 0.0980 e. The zero-order chi connectivity index (χ0) is 17.2. The molecule has 0 aliphatic heterocycles. The largest absolute Gasteiger partial charge is 0.390 e. The Morgan fingerprint density at radius 3 is 2.00 bits per heavy atom. The van der Waals surface area contributed by atoms with Crippen LogP contribution in [0.1, 0.15) is 97.3 Å². The molecular formula is C21H40O2. The van der Waals surface area contributed by atoms with Crippen LogP contribution in [0.25, 0.3) is 0 Å². The predicted octanol–water partition coefficient (Wildman–Crippen LogP) is 5.93. The summed E-state index contributed by atoms with van der Waals surface area (Å²) in [5.41, 5.74) is 0. The highest BCUT2D eigenvalue weighted by molar-refractivity contribution is 4.97. The molecule has 136 valence electrons. The van der Waals surface area contributed by atoms with Gasteiger partial charge in [-0.15, -0.1) is 0 Å². The van der Waals surface area contributed by atoms with Crippen LogP contribution in [0.3, 0.4) is 0 Å². The number of aliphatic hydroxyl groups excluding tert-OH is 2. The predicted molar refractivity (Wildman–Crippen MR) is 102 cm³/mol. The third-order valence-corrected chi connectivity index (χ3v) is 4.24. The van der Waals surface area contributed by atoms with Gasteiger partial charge in [-0.25, -0.2) is 0 Å². The van der Waals surface area contributed by atoms with Crippen molar-refractivity contribution in [3.63, 3.8) is 0 Å². The van der Waals surface area contributed by atoms with E-state index in [1.54, 1.807) is 6.08 Å². The summed E-state index contributed by atoms with van der Waals surface area (Å²) in [6.45, 7) is 4.44. The lowest BCUT2D eigenvalue weighted by molar-refractivity contribution is 0.0413. The van der Waals surface area contributed by atoms with Crippen molar-refractivity contribution in [3.05, 3.63) is 24.3 Å².